The van der Waals surface area contributed by atoms with E-state index >= 15 is 0 Å². The molecule has 0 atom stereocenters. The Balaban J connectivity index is 2.67. The third-order valence-electron chi connectivity index (χ3n) is 2.90. The summed E-state index contributed by atoms with van der Waals surface area (Å²) in [5.41, 5.74) is -3.87. The first-order valence-electron chi connectivity index (χ1n) is 5.71. The number of benzene rings is 2. The van der Waals surface area contributed by atoms with Crippen LogP contribution < -0.4 is 0 Å². The van der Waals surface area contributed by atoms with Crippen molar-refractivity contribution in [1.29, 1.82) is 0 Å². The Bertz CT molecular complexity index is 752. The Morgan fingerprint density at radius 3 is 2.09 bits per heavy atom. The molecule has 0 aromatic heterocycles. The fraction of sp³-hybridized carbons (Fsp3) is 0.0714. The first kappa shape index (κ1) is 15.9. The van der Waals surface area contributed by atoms with Crippen molar-refractivity contribution in [3.05, 3.63) is 58.9 Å². The summed E-state index contributed by atoms with van der Waals surface area (Å²) in [6.07, 6.45) is -4.79. The third kappa shape index (κ3) is 2.76. The molecule has 2 rings (SSSR count). The molecule has 22 heavy (non-hydrogen) atoms. The van der Waals surface area contributed by atoms with Crippen molar-refractivity contribution in [2.45, 2.75) is 6.18 Å². The first-order chi connectivity index (χ1) is 10.1. The molecular weight excluding hydrogens is 314 g/mol. The fourth-order valence-corrected chi connectivity index (χ4v) is 1.83. The minimum Gasteiger partial charge on any atom is -0.478 e. The molecule has 0 radical (unpaired) electrons. The topological polar surface area (TPSA) is 37.3 Å². The van der Waals surface area contributed by atoms with E-state index in [1.165, 1.54) is 0 Å². The summed E-state index contributed by atoms with van der Waals surface area (Å²) in [5.74, 6) is -6.47. The van der Waals surface area contributed by atoms with Gasteiger partial charge in [-0.3, -0.25) is 0 Å². The largest absolute Gasteiger partial charge is 0.478 e. The van der Waals surface area contributed by atoms with Gasteiger partial charge in [-0.1, -0.05) is 6.07 Å². The molecule has 0 aliphatic carbocycles. The molecule has 116 valence electrons. The van der Waals surface area contributed by atoms with Gasteiger partial charge in [-0.25, -0.2) is 18.0 Å². The van der Waals surface area contributed by atoms with Crippen LogP contribution in [-0.4, -0.2) is 11.1 Å². The average molecular weight is 320 g/mol. The van der Waals surface area contributed by atoms with E-state index in [2.05, 4.69) is 0 Å². The van der Waals surface area contributed by atoms with Gasteiger partial charge in [0.1, 0.15) is 5.82 Å². The molecule has 2 aromatic carbocycles. The molecule has 0 spiro atoms. The van der Waals surface area contributed by atoms with Crippen LogP contribution in [0, 0.1) is 17.5 Å². The highest BCUT2D eigenvalue weighted by Gasteiger charge is 2.32. The highest BCUT2D eigenvalue weighted by atomic mass is 19.4. The minimum absolute atomic E-state index is 0.327. The number of carboxylic acid groups (broad SMARTS) is 1. The van der Waals surface area contributed by atoms with Crippen molar-refractivity contribution < 1.29 is 36.2 Å². The number of hydrogen-bond donors (Lipinski definition) is 1. The van der Waals surface area contributed by atoms with Crippen LogP contribution in [0.5, 0.6) is 0 Å². The van der Waals surface area contributed by atoms with Gasteiger partial charge in [0.15, 0.2) is 11.6 Å². The summed E-state index contributed by atoms with van der Waals surface area (Å²) in [6.45, 7) is 0. The number of carbonyl (C=O) groups is 1. The van der Waals surface area contributed by atoms with E-state index in [4.69, 9.17) is 5.11 Å². The molecule has 2 aromatic rings. The van der Waals surface area contributed by atoms with Crippen LogP contribution in [0.2, 0.25) is 0 Å². The molecule has 0 fully saturated rings. The van der Waals surface area contributed by atoms with Crippen LogP contribution in [0.1, 0.15) is 15.9 Å². The molecule has 0 aliphatic rings. The lowest BCUT2D eigenvalue weighted by atomic mass is 9.99. The number of aromatic carboxylic acids is 1. The molecule has 2 nitrogen and oxygen atoms in total. The molecule has 0 amide bonds. The summed E-state index contributed by atoms with van der Waals surface area (Å²) in [6, 6.07) is 2.61. The van der Waals surface area contributed by atoms with E-state index in [-0.39, 0.29) is 0 Å². The zero-order chi connectivity index (χ0) is 16.7. The number of carboxylic acids is 1. The number of alkyl halides is 3. The lowest BCUT2D eigenvalue weighted by Crippen LogP contribution is -2.07. The normalized spacial score (nSPS) is 11.5. The predicted molar refractivity (Wildman–Crippen MR) is 63.7 cm³/mol. The van der Waals surface area contributed by atoms with Crippen molar-refractivity contribution >= 4 is 5.97 Å². The quantitative estimate of drug-likeness (QED) is 0.828. The monoisotopic (exact) mass is 320 g/mol. The zero-order valence-corrected chi connectivity index (χ0v) is 10.5. The van der Waals surface area contributed by atoms with E-state index in [1.807, 2.05) is 0 Å². The lowest BCUT2D eigenvalue weighted by Gasteiger charge is -2.11. The first-order valence-corrected chi connectivity index (χ1v) is 5.71. The standard InChI is InChI=1S/C14H6F6O2/c15-10-4-1-6(14(18,19)20)5-9(10)7-2-3-8(13(21)22)12(17)11(7)16/h1-5H,(H,21,22). The molecule has 0 saturated heterocycles. The maximum Gasteiger partial charge on any atom is 0.416 e. The van der Waals surface area contributed by atoms with Gasteiger partial charge in [-0.05, 0) is 24.3 Å². The summed E-state index contributed by atoms with van der Waals surface area (Å²) in [7, 11) is 0. The maximum atomic E-state index is 13.8. The van der Waals surface area contributed by atoms with Crippen LogP contribution in [0.4, 0.5) is 26.3 Å². The minimum atomic E-state index is -4.79. The van der Waals surface area contributed by atoms with Crippen LogP contribution in [0.25, 0.3) is 11.1 Å². The molecule has 1 N–H and O–H groups in total. The number of rotatable bonds is 2. The van der Waals surface area contributed by atoms with Crippen LogP contribution in [0.3, 0.4) is 0 Å². The molecule has 0 saturated carbocycles. The van der Waals surface area contributed by atoms with E-state index in [9.17, 15) is 31.1 Å². The smallest absolute Gasteiger partial charge is 0.416 e. The van der Waals surface area contributed by atoms with Gasteiger partial charge in [-0.15, -0.1) is 0 Å². The van der Waals surface area contributed by atoms with Gasteiger partial charge in [0.05, 0.1) is 11.1 Å². The van der Waals surface area contributed by atoms with Crippen molar-refractivity contribution in [2.75, 3.05) is 0 Å². The summed E-state index contributed by atoms with van der Waals surface area (Å²) in [4.78, 5) is 10.6. The summed E-state index contributed by atoms with van der Waals surface area (Å²) >= 11 is 0. The maximum absolute atomic E-state index is 13.8. The van der Waals surface area contributed by atoms with Crippen molar-refractivity contribution in [3.63, 3.8) is 0 Å². The second-order valence-corrected chi connectivity index (χ2v) is 4.29. The van der Waals surface area contributed by atoms with E-state index in [0.717, 1.165) is 0 Å². The fourth-order valence-electron chi connectivity index (χ4n) is 1.83. The molecule has 0 bridgehead atoms. The van der Waals surface area contributed by atoms with Crippen LogP contribution >= 0.6 is 0 Å². The van der Waals surface area contributed by atoms with Gasteiger partial charge in [0.25, 0.3) is 0 Å². The molecule has 0 unspecified atom stereocenters. The number of hydrogen-bond acceptors (Lipinski definition) is 1. The van der Waals surface area contributed by atoms with Gasteiger partial charge in [0, 0.05) is 11.1 Å². The lowest BCUT2D eigenvalue weighted by molar-refractivity contribution is -0.137. The Morgan fingerprint density at radius 1 is 0.909 bits per heavy atom. The van der Waals surface area contributed by atoms with Crippen molar-refractivity contribution in [3.8, 4) is 11.1 Å². The van der Waals surface area contributed by atoms with E-state index < -0.39 is 51.9 Å². The molecule has 0 heterocycles. The molecular formula is C14H6F6O2. The van der Waals surface area contributed by atoms with Crippen molar-refractivity contribution in [1.82, 2.24) is 0 Å². The summed E-state index contributed by atoms with van der Waals surface area (Å²) < 4.78 is 78.8. The Labute approximate surface area is 119 Å². The van der Waals surface area contributed by atoms with Gasteiger partial charge < -0.3 is 5.11 Å². The highest BCUT2D eigenvalue weighted by Crippen LogP contribution is 2.35. The van der Waals surface area contributed by atoms with E-state index in [1.54, 1.807) is 0 Å². The van der Waals surface area contributed by atoms with Crippen LogP contribution in [0.15, 0.2) is 30.3 Å². The average Bonchev–Trinajstić information content (AvgIpc) is 2.41. The van der Waals surface area contributed by atoms with Gasteiger partial charge in [0.2, 0.25) is 0 Å². The Morgan fingerprint density at radius 2 is 1.55 bits per heavy atom. The van der Waals surface area contributed by atoms with Gasteiger partial charge in [-0.2, -0.15) is 13.2 Å². The van der Waals surface area contributed by atoms with Crippen LogP contribution in [-0.2, 0) is 6.18 Å². The Kier molecular flexibility index (Phi) is 3.87. The predicted octanol–water partition coefficient (Wildman–Crippen LogP) is 4.49. The summed E-state index contributed by atoms with van der Waals surface area (Å²) in [5, 5.41) is 8.63. The second kappa shape index (κ2) is 5.36. The molecule has 8 heteroatoms. The van der Waals surface area contributed by atoms with Crippen molar-refractivity contribution in [2.24, 2.45) is 0 Å². The third-order valence-corrected chi connectivity index (χ3v) is 2.90. The Hall–Kier alpha value is -2.51. The molecule has 0 aliphatic heterocycles. The SMILES string of the molecule is O=C(O)c1ccc(-c2cc(C(F)(F)F)ccc2F)c(F)c1F. The van der Waals surface area contributed by atoms with Gasteiger partial charge >= 0.3 is 12.1 Å². The zero-order valence-electron chi connectivity index (χ0n) is 10.5. The highest BCUT2D eigenvalue weighted by molar-refractivity contribution is 5.88. The second-order valence-electron chi connectivity index (χ2n) is 4.29. The number of halogens is 6. The van der Waals surface area contributed by atoms with E-state index in [0.29, 0.717) is 30.3 Å².